The van der Waals surface area contributed by atoms with Crippen molar-refractivity contribution < 1.29 is 4.74 Å². The summed E-state index contributed by atoms with van der Waals surface area (Å²) < 4.78 is 5.09. The Morgan fingerprint density at radius 1 is 1.27 bits per heavy atom. The molecule has 82 valence electrons. The predicted molar refractivity (Wildman–Crippen MR) is 61.9 cm³/mol. The van der Waals surface area contributed by atoms with Gasteiger partial charge in [-0.05, 0) is 36.9 Å². The van der Waals surface area contributed by atoms with E-state index in [2.05, 4.69) is 29.6 Å². The molecule has 1 heterocycles. The highest BCUT2D eigenvalue weighted by atomic mass is 16.5. The Kier molecular flexibility index (Phi) is 3.75. The molecule has 0 amide bonds. The van der Waals surface area contributed by atoms with Crippen LogP contribution in [0.25, 0.3) is 0 Å². The molecule has 1 fully saturated rings. The molecule has 2 heteroatoms. The average Bonchev–Trinajstić information content (AvgIpc) is 2.74. The number of methoxy groups -OCH3 is 1. The van der Waals surface area contributed by atoms with Gasteiger partial charge in [-0.1, -0.05) is 24.3 Å². The Hall–Kier alpha value is -0.860. The smallest absolute Gasteiger partial charge is 0.0713 e. The lowest BCUT2D eigenvalue weighted by molar-refractivity contribution is 0.185. The molecule has 1 aliphatic rings. The monoisotopic (exact) mass is 205 g/mol. The van der Waals surface area contributed by atoms with Gasteiger partial charge in [0, 0.05) is 13.2 Å². The molecular weight excluding hydrogens is 186 g/mol. The molecule has 0 spiro atoms. The van der Waals surface area contributed by atoms with Crippen molar-refractivity contribution in [1.82, 2.24) is 5.32 Å². The minimum absolute atomic E-state index is 0.693. The van der Waals surface area contributed by atoms with Crippen molar-refractivity contribution in [3.05, 3.63) is 35.4 Å². The van der Waals surface area contributed by atoms with Crippen LogP contribution in [0.3, 0.4) is 0 Å². The van der Waals surface area contributed by atoms with Crippen molar-refractivity contribution in [2.45, 2.75) is 31.9 Å². The highest BCUT2D eigenvalue weighted by molar-refractivity contribution is 5.22. The largest absolute Gasteiger partial charge is 0.380 e. The molecule has 0 radical (unpaired) electrons. The summed E-state index contributed by atoms with van der Waals surface area (Å²) in [6, 6.07) is 9.45. The zero-order chi connectivity index (χ0) is 10.5. The average molecular weight is 205 g/mol. The van der Waals surface area contributed by atoms with Gasteiger partial charge < -0.3 is 10.1 Å². The summed E-state index contributed by atoms with van der Waals surface area (Å²) in [5.41, 5.74) is 2.68. The highest BCUT2D eigenvalue weighted by Gasteiger charge is 2.13. The van der Waals surface area contributed by atoms with E-state index in [1.165, 1.54) is 30.5 Å². The van der Waals surface area contributed by atoms with Gasteiger partial charge in [0.05, 0.1) is 6.61 Å². The van der Waals surface area contributed by atoms with Crippen LogP contribution < -0.4 is 5.32 Å². The van der Waals surface area contributed by atoms with Crippen LogP contribution in [0.2, 0.25) is 0 Å². The molecule has 15 heavy (non-hydrogen) atoms. The van der Waals surface area contributed by atoms with Crippen molar-refractivity contribution in [3.8, 4) is 0 Å². The third-order valence-corrected chi connectivity index (χ3v) is 2.98. The normalized spacial score (nSPS) is 20.7. The molecule has 2 rings (SSSR count). The zero-order valence-electron chi connectivity index (χ0n) is 9.33. The Labute approximate surface area is 91.6 Å². The van der Waals surface area contributed by atoms with Crippen LogP contribution in [0, 0.1) is 0 Å². The molecule has 0 bridgehead atoms. The fourth-order valence-corrected chi connectivity index (χ4v) is 2.15. The molecule has 1 aromatic carbocycles. The third-order valence-electron chi connectivity index (χ3n) is 2.98. The number of hydrogen-bond donors (Lipinski definition) is 1. The van der Waals surface area contributed by atoms with E-state index in [0.29, 0.717) is 12.6 Å². The van der Waals surface area contributed by atoms with Gasteiger partial charge in [0.1, 0.15) is 0 Å². The topological polar surface area (TPSA) is 21.3 Å². The Bertz CT molecular complexity index is 288. The van der Waals surface area contributed by atoms with Gasteiger partial charge in [-0.25, -0.2) is 0 Å². The quantitative estimate of drug-likeness (QED) is 0.813. The molecular formula is C13H19NO. The highest BCUT2D eigenvalue weighted by Crippen LogP contribution is 2.13. The fraction of sp³-hybridized carbons (Fsp3) is 0.538. The lowest BCUT2D eigenvalue weighted by Crippen LogP contribution is -2.23. The first kappa shape index (κ1) is 10.7. The SMILES string of the molecule is COCc1ccc(CC2CCCN2)cc1. The molecule has 1 N–H and O–H groups in total. The van der Waals surface area contributed by atoms with E-state index in [9.17, 15) is 0 Å². The van der Waals surface area contributed by atoms with Gasteiger partial charge in [-0.2, -0.15) is 0 Å². The van der Waals surface area contributed by atoms with Gasteiger partial charge in [0.25, 0.3) is 0 Å². The first-order chi connectivity index (χ1) is 7.38. The van der Waals surface area contributed by atoms with E-state index in [1.807, 2.05) is 0 Å². The number of nitrogens with one attached hydrogen (secondary N) is 1. The maximum atomic E-state index is 5.09. The Morgan fingerprint density at radius 2 is 2.00 bits per heavy atom. The predicted octanol–water partition coefficient (Wildman–Crippen LogP) is 2.13. The summed E-state index contributed by atoms with van der Waals surface area (Å²) in [5.74, 6) is 0. The molecule has 2 nitrogen and oxygen atoms in total. The summed E-state index contributed by atoms with van der Waals surface area (Å²) in [6.45, 7) is 1.90. The molecule has 1 aromatic rings. The Balaban J connectivity index is 1.91. The summed E-state index contributed by atoms with van der Waals surface area (Å²) in [6.07, 6.45) is 3.81. The van der Waals surface area contributed by atoms with Crippen molar-refractivity contribution in [2.75, 3.05) is 13.7 Å². The maximum absolute atomic E-state index is 5.09. The van der Waals surface area contributed by atoms with E-state index in [-0.39, 0.29) is 0 Å². The van der Waals surface area contributed by atoms with Gasteiger partial charge >= 0.3 is 0 Å². The van der Waals surface area contributed by atoms with Crippen LogP contribution in [-0.2, 0) is 17.8 Å². The molecule has 1 aliphatic heterocycles. The summed E-state index contributed by atoms with van der Waals surface area (Å²) in [4.78, 5) is 0. The van der Waals surface area contributed by atoms with E-state index in [4.69, 9.17) is 4.74 Å². The molecule has 0 aliphatic carbocycles. The van der Waals surface area contributed by atoms with Gasteiger partial charge in [-0.3, -0.25) is 0 Å². The second kappa shape index (κ2) is 5.29. The second-order valence-electron chi connectivity index (χ2n) is 4.25. The number of benzene rings is 1. The van der Waals surface area contributed by atoms with Crippen molar-refractivity contribution in [3.63, 3.8) is 0 Å². The van der Waals surface area contributed by atoms with Gasteiger partial charge in [0.2, 0.25) is 0 Å². The zero-order valence-corrected chi connectivity index (χ0v) is 9.33. The number of rotatable bonds is 4. The first-order valence-corrected chi connectivity index (χ1v) is 5.68. The Morgan fingerprint density at radius 3 is 2.60 bits per heavy atom. The molecule has 0 aromatic heterocycles. The van der Waals surface area contributed by atoms with E-state index < -0.39 is 0 Å². The van der Waals surface area contributed by atoms with Crippen LogP contribution >= 0.6 is 0 Å². The van der Waals surface area contributed by atoms with Crippen molar-refractivity contribution in [1.29, 1.82) is 0 Å². The summed E-state index contributed by atoms with van der Waals surface area (Å²) >= 11 is 0. The molecule has 1 saturated heterocycles. The maximum Gasteiger partial charge on any atom is 0.0713 e. The summed E-state index contributed by atoms with van der Waals surface area (Å²) in [7, 11) is 1.73. The van der Waals surface area contributed by atoms with E-state index >= 15 is 0 Å². The lowest BCUT2D eigenvalue weighted by Gasteiger charge is -2.10. The molecule has 1 unspecified atom stereocenters. The van der Waals surface area contributed by atoms with Crippen LogP contribution in [-0.4, -0.2) is 19.7 Å². The lowest BCUT2D eigenvalue weighted by atomic mass is 10.0. The van der Waals surface area contributed by atoms with E-state index in [0.717, 1.165) is 6.42 Å². The fourth-order valence-electron chi connectivity index (χ4n) is 2.15. The van der Waals surface area contributed by atoms with Gasteiger partial charge in [-0.15, -0.1) is 0 Å². The van der Waals surface area contributed by atoms with Crippen molar-refractivity contribution in [2.24, 2.45) is 0 Å². The van der Waals surface area contributed by atoms with Crippen LogP contribution in [0.1, 0.15) is 24.0 Å². The minimum atomic E-state index is 0.693. The standard InChI is InChI=1S/C13H19NO/c1-15-10-12-6-4-11(5-7-12)9-13-3-2-8-14-13/h4-7,13-14H,2-3,8-10H2,1H3. The van der Waals surface area contributed by atoms with Crippen LogP contribution in [0.5, 0.6) is 0 Å². The third kappa shape index (κ3) is 3.05. The number of hydrogen-bond acceptors (Lipinski definition) is 2. The summed E-state index contributed by atoms with van der Waals surface area (Å²) in [5, 5.41) is 3.52. The second-order valence-corrected chi connectivity index (χ2v) is 4.25. The number of ether oxygens (including phenoxy) is 1. The minimum Gasteiger partial charge on any atom is -0.380 e. The van der Waals surface area contributed by atoms with Crippen molar-refractivity contribution >= 4 is 0 Å². The first-order valence-electron chi connectivity index (χ1n) is 5.68. The van der Waals surface area contributed by atoms with Crippen LogP contribution in [0.4, 0.5) is 0 Å². The molecule has 1 atom stereocenters. The molecule has 0 saturated carbocycles. The van der Waals surface area contributed by atoms with E-state index in [1.54, 1.807) is 7.11 Å². The van der Waals surface area contributed by atoms with Crippen LogP contribution in [0.15, 0.2) is 24.3 Å². The van der Waals surface area contributed by atoms with Gasteiger partial charge in [0.15, 0.2) is 0 Å².